The van der Waals surface area contributed by atoms with Gasteiger partial charge in [0.15, 0.2) is 6.54 Å². The van der Waals surface area contributed by atoms with Crippen molar-refractivity contribution in [2.75, 3.05) is 31.5 Å². The van der Waals surface area contributed by atoms with Crippen molar-refractivity contribution in [3.8, 4) is 0 Å². The Bertz CT molecular complexity index is 505. The minimum Gasteiger partial charge on any atom is -0.478 e. The van der Waals surface area contributed by atoms with Gasteiger partial charge in [-0.25, -0.2) is 4.79 Å². The third-order valence-electron chi connectivity index (χ3n) is 4.33. The molecule has 1 heterocycles. The first-order chi connectivity index (χ1) is 10.0. The number of carboxylic acid groups (broad SMARTS) is 1. The number of carbonyl (C=O) groups excluding carboxylic acids is 1. The molecule has 2 N–H and O–H groups in total. The number of piperidine rings is 1. The van der Waals surface area contributed by atoms with Gasteiger partial charge < -0.3 is 14.9 Å². The Hall–Kier alpha value is -1.88. The summed E-state index contributed by atoms with van der Waals surface area (Å²) >= 11 is 0. The average molecular weight is 291 g/mol. The van der Waals surface area contributed by atoms with E-state index >= 15 is 0 Å². The number of aromatic carboxylic acids is 1. The molecule has 0 atom stereocenters. The van der Waals surface area contributed by atoms with Crippen LogP contribution in [-0.4, -0.2) is 47.6 Å². The van der Waals surface area contributed by atoms with Crippen LogP contribution < -0.4 is 5.32 Å². The largest absolute Gasteiger partial charge is 0.478 e. The van der Waals surface area contributed by atoms with Gasteiger partial charge in [0.25, 0.3) is 5.91 Å². The lowest BCUT2D eigenvalue weighted by Crippen LogP contribution is -2.55. The van der Waals surface area contributed by atoms with Crippen LogP contribution in [0, 0.1) is 0 Å². The normalized spacial score (nSPS) is 17.2. The molecule has 1 amide bonds. The van der Waals surface area contributed by atoms with Crippen molar-refractivity contribution >= 4 is 17.6 Å². The predicted molar refractivity (Wildman–Crippen MR) is 81.3 cm³/mol. The fourth-order valence-electron chi connectivity index (χ4n) is 2.97. The van der Waals surface area contributed by atoms with Crippen molar-refractivity contribution in [1.82, 2.24) is 0 Å². The number of quaternary nitrogens is 1. The minimum absolute atomic E-state index is 0.00169. The van der Waals surface area contributed by atoms with Gasteiger partial charge >= 0.3 is 5.97 Å². The summed E-state index contributed by atoms with van der Waals surface area (Å²) in [5.41, 5.74) is 0.873. The number of hydrogen-bond acceptors (Lipinski definition) is 2. The summed E-state index contributed by atoms with van der Waals surface area (Å²) in [7, 11) is 0. The van der Waals surface area contributed by atoms with Crippen LogP contribution in [0.15, 0.2) is 24.3 Å². The van der Waals surface area contributed by atoms with Crippen molar-refractivity contribution in [2.45, 2.75) is 26.2 Å². The SMILES string of the molecule is CC[N+]1(CC(=O)Nc2ccc(C(=O)O)cc2)CCCCC1. The third kappa shape index (κ3) is 4.04. The summed E-state index contributed by atoms with van der Waals surface area (Å²) in [6, 6.07) is 6.27. The van der Waals surface area contributed by atoms with E-state index in [1.807, 2.05) is 0 Å². The number of nitrogens with one attached hydrogen (secondary N) is 1. The molecule has 2 rings (SSSR count). The van der Waals surface area contributed by atoms with E-state index in [1.165, 1.54) is 31.4 Å². The Kier molecular flexibility index (Phi) is 4.96. The molecule has 1 aromatic rings. The molecule has 5 nitrogen and oxygen atoms in total. The Balaban J connectivity index is 1.95. The summed E-state index contributed by atoms with van der Waals surface area (Å²) in [6.45, 7) is 5.76. The topological polar surface area (TPSA) is 66.4 Å². The fraction of sp³-hybridized carbons (Fsp3) is 0.500. The zero-order chi connectivity index (χ0) is 15.3. The summed E-state index contributed by atoms with van der Waals surface area (Å²) in [6.07, 6.45) is 3.64. The van der Waals surface area contributed by atoms with Gasteiger partial charge in [0.1, 0.15) is 0 Å². The number of carbonyl (C=O) groups is 2. The lowest BCUT2D eigenvalue weighted by atomic mass is 10.1. The number of amides is 1. The Morgan fingerprint density at radius 2 is 1.76 bits per heavy atom. The molecule has 114 valence electrons. The van der Waals surface area contributed by atoms with Crippen molar-refractivity contribution < 1.29 is 19.2 Å². The summed E-state index contributed by atoms with van der Waals surface area (Å²) < 4.78 is 0.860. The van der Waals surface area contributed by atoms with Crippen molar-refractivity contribution in [3.05, 3.63) is 29.8 Å². The van der Waals surface area contributed by atoms with Crippen LogP contribution in [0.2, 0.25) is 0 Å². The summed E-state index contributed by atoms with van der Waals surface area (Å²) in [5.74, 6) is -0.960. The molecule has 1 aliphatic rings. The standard InChI is InChI=1S/C16H22N2O3/c1-2-18(10-4-3-5-11-18)12-15(19)17-14-8-6-13(7-9-14)16(20)21/h6-9H,2-5,10-12H2,1H3,(H-,17,19,20,21)/p+1. The number of nitrogens with zero attached hydrogens (tertiary/aromatic N) is 1. The fourth-order valence-corrected chi connectivity index (χ4v) is 2.97. The molecule has 5 heteroatoms. The molecule has 1 aromatic carbocycles. The van der Waals surface area contributed by atoms with Crippen LogP contribution >= 0.6 is 0 Å². The van der Waals surface area contributed by atoms with Gasteiger partial charge in [0.2, 0.25) is 0 Å². The van der Waals surface area contributed by atoms with Crippen molar-refractivity contribution in [2.24, 2.45) is 0 Å². The maximum absolute atomic E-state index is 12.2. The molecule has 0 unspecified atom stereocenters. The van der Waals surface area contributed by atoms with Crippen molar-refractivity contribution in [3.63, 3.8) is 0 Å². The molecule has 0 bridgehead atoms. The number of likely N-dealkylation sites (N-methyl/N-ethyl adjacent to an activating group) is 1. The smallest absolute Gasteiger partial charge is 0.335 e. The quantitative estimate of drug-likeness (QED) is 0.818. The minimum atomic E-state index is -0.961. The predicted octanol–water partition coefficient (Wildman–Crippen LogP) is 2.34. The molecule has 21 heavy (non-hydrogen) atoms. The Morgan fingerprint density at radius 3 is 2.29 bits per heavy atom. The first kappa shape index (κ1) is 15.5. The lowest BCUT2D eigenvalue weighted by molar-refractivity contribution is -0.923. The van der Waals surface area contributed by atoms with E-state index in [2.05, 4.69) is 12.2 Å². The number of likely N-dealkylation sites (tertiary alicyclic amines) is 1. The highest BCUT2D eigenvalue weighted by molar-refractivity contribution is 5.93. The molecule has 1 saturated heterocycles. The second-order valence-corrected chi connectivity index (χ2v) is 5.75. The van der Waals surface area contributed by atoms with Crippen molar-refractivity contribution in [1.29, 1.82) is 0 Å². The molecular weight excluding hydrogens is 268 g/mol. The highest BCUT2D eigenvalue weighted by Gasteiger charge is 2.30. The Morgan fingerprint density at radius 1 is 1.14 bits per heavy atom. The molecule has 1 fully saturated rings. The van der Waals surface area contributed by atoms with Gasteiger partial charge in [-0.2, -0.15) is 0 Å². The van der Waals surface area contributed by atoms with Gasteiger partial charge in [0.05, 0.1) is 25.2 Å². The number of anilines is 1. The number of hydrogen-bond donors (Lipinski definition) is 2. The molecular formula is C16H23N2O3+. The van der Waals surface area contributed by atoms with Crippen LogP contribution in [0.25, 0.3) is 0 Å². The van der Waals surface area contributed by atoms with E-state index in [1.54, 1.807) is 12.1 Å². The van der Waals surface area contributed by atoms with Crippen LogP contribution in [0.5, 0.6) is 0 Å². The zero-order valence-corrected chi connectivity index (χ0v) is 12.5. The van der Waals surface area contributed by atoms with E-state index in [-0.39, 0.29) is 11.5 Å². The number of benzene rings is 1. The second kappa shape index (κ2) is 6.72. The van der Waals surface area contributed by atoms with E-state index in [0.717, 1.165) is 24.1 Å². The highest BCUT2D eigenvalue weighted by atomic mass is 16.4. The first-order valence-corrected chi connectivity index (χ1v) is 7.53. The molecule has 0 aromatic heterocycles. The number of carboxylic acids is 1. The van der Waals surface area contributed by atoms with Gasteiger partial charge in [-0.05, 0) is 50.5 Å². The molecule has 0 radical (unpaired) electrons. The maximum Gasteiger partial charge on any atom is 0.335 e. The van der Waals surface area contributed by atoms with Gasteiger partial charge in [-0.1, -0.05) is 0 Å². The maximum atomic E-state index is 12.2. The zero-order valence-electron chi connectivity index (χ0n) is 12.5. The van der Waals surface area contributed by atoms with Crippen LogP contribution in [0.4, 0.5) is 5.69 Å². The molecule has 0 saturated carbocycles. The van der Waals surface area contributed by atoms with Crippen LogP contribution in [-0.2, 0) is 4.79 Å². The van der Waals surface area contributed by atoms with Gasteiger partial charge in [0, 0.05) is 5.69 Å². The highest BCUT2D eigenvalue weighted by Crippen LogP contribution is 2.19. The molecule has 0 spiro atoms. The monoisotopic (exact) mass is 291 g/mol. The third-order valence-corrected chi connectivity index (χ3v) is 4.33. The Labute approximate surface area is 125 Å². The van der Waals surface area contributed by atoms with Gasteiger partial charge in [-0.15, -0.1) is 0 Å². The molecule has 1 aliphatic heterocycles. The first-order valence-electron chi connectivity index (χ1n) is 7.53. The van der Waals surface area contributed by atoms with E-state index in [9.17, 15) is 9.59 Å². The van der Waals surface area contributed by atoms with Crippen LogP contribution in [0.3, 0.4) is 0 Å². The lowest BCUT2D eigenvalue weighted by Gasteiger charge is -2.40. The van der Waals surface area contributed by atoms with E-state index < -0.39 is 5.97 Å². The second-order valence-electron chi connectivity index (χ2n) is 5.75. The average Bonchev–Trinajstić information content (AvgIpc) is 2.48. The number of rotatable bonds is 5. The summed E-state index contributed by atoms with van der Waals surface area (Å²) in [4.78, 5) is 23.0. The molecule has 0 aliphatic carbocycles. The van der Waals surface area contributed by atoms with Crippen LogP contribution in [0.1, 0.15) is 36.5 Å². The van der Waals surface area contributed by atoms with E-state index in [0.29, 0.717) is 12.2 Å². The summed E-state index contributed by atoms with van der Waals surface area (Å²) in [5, 5.41) is 11.7. The van der Waals surface area contributed by atoms with Gasteiger partial charge in [-0.3, -0.25) is 4.79 Å². The van der Waals surface area contributed by atoms with E-state index in [4.69, 9.17) is 5.11 Å².